The van der Waals surface area contributed by atoms with E-state index in [0.717, 1.165) is 23.5 Å². The number of benzene rings is 1. The zero-order valence-electron chi connectivity index (χ0n) is 9.21. The first-order chi connectivity index (χ1) is 7.22. The van der Waals surface area contributed by atoms with Crippen molar-refractivity contribution in [2.75, 3.05) is 14.2 Å². The second kappa shape index (κ2) is 6.00. The zero-order valence-corrected chi connectivity index (χ0v) is 11.4. The predicted molar refractivity (Wildman–Crippen MR) is 71.8 cm³/mol. The second-order valence-corrected chi connectivity index (χ2v) is 4.19. The highest BCUT2D eigenvalue weighted by atomic mass is 127. The Hall–Kier alpha value is -0.710. The Labute approximate surface area is 104 Å². The molecule has 0 spiro atoms. The van der Waals surface area contributed by atoms with E-state index < -0.39 is 0 Å². The molecule has 1 aromatic rings. The van der Waals surface area contributed by atoms with Gasteiger partial charge in [0.1, 0.15) is 0 Å². The van der Waals surface area contributed by atoms with Crippen LogP contribution in [0.4, 0.5) is 0 Å². The first-order valence-corrected chi connectivity index (χ1v) is 5.88. The van der Waals surface area contributed by atoms with E-state index in [1.54, 1.807) is 14.2 Å². The highest BCUT2D eigenvalue weighted by Crippen LogP contribution is 2.32. The lowest BCUT2D eigenvalue weighted by Gasteiger charge is -2.09. The van der Waals surface area contributed by atoms with Crippen molar-refractivity contribution >= 4 is 26.2 Å². The van der Waals surface area contributed by atoms with Crippen molar-refractivity contribution in [3.8, 4) is 11.5 Å². The van der Waals surface area contributed by atoms with Crippen LogP contribution in [0.15, 0.2) is 24.3 Å². The van der Waals surface area contributed by atoms with Crippen LogP contribution in [-0.4, -0.2) is 14.2 Å². The third-order valence-electron chi connectivity index (χ3n) is 2.04. The molecule has 1 rings (SSSR count). The van der Waals surface area contributed by atoms with Gasteiger partial charge in [0.05, 0.1) is 14.2 Å². The van der Waals surface area contributed by atoms with Crippen LogP contribution < -0.4 is 9.47 Å². The summed E-state index contributed by atoms with van der Waals surface area (Å²) in [6.45, 7) is 2.12. The van der Waals surface area contributed by atoms with E-state index >= 15 is 0 Å². The third-order valence-corrected chi connectivity index (χ3v) is 3.11. The van der Waals surface area contributed by atoms with Gasteiger partial charge in [0.2, 0.25) is 0 Å². The molecule has 0 fully saturated rings. The summed E-state index contributed by atoms with van der Waals surface area (Å²) in [5.74, 6) is 1.54. The molecule has 3 heteroatoms. The second-order valence-electron chi connectivity index (χ2n) is 3.03. The number of rotatable bonds is 4. The Bertz CT molecular complexity index is 359. The van der Waals surface area contributed by atoms with Crippen LogP contribution in [0.3, 0.4) is 0 Å². The molecule has 0 N–H and O–H groups in total. The third kappa shape index (κ3) is 3.12. The van der Waals surface area contributed by atoms with Crippen LogP contribution in [0.5, 0.6) is 11.5 Å². The molecule has 82 valence electrons. The number of hydrogen-bond acceptors (Lipinski definition) is 2. The van der Waals surface area contributed by atoms with Gasteiger partial charge in [-0.1, -0.05) is 13.0 Å². The lowest BCUT2D eigenvalue weighted by Crippen LogP contribution is -1.91. The highest BCUT2D eigenvalue weighted by molar-refractivity contribution is 14.1. The van der Waals surface area contributed by atoms with Crippen molar-refractivity contribution in [3.63, 3.8) is 0 Å². The average molecular weight is 318 g/mol. The van der Waals surface area contributed by atoms with Gasteiger partial charge in [0.15, 0.2) is 11.5 Å². The molecule has 0 aliphatic rings. The van der Waals surface area contributed by atoms with Crippen LogP contribution in [0, 0.1) is 0 Å². The van der Waals surface area contributed by atoms with E-state index in [9.17, 15) is 0 Å². The summed E-state index contributed by atoms with van der Waals surface area (Å²) in [5, 5.41) is 0. The van der Waals surface area contributed by atoms with Gasteiger partial charge >= 0.3 is 0 Å². The van der Waals surface area contributed by atoms with E-state index in [0.29, 0.717) is 0 Å². The molecule has 15 heavy (non-hydrogen) atoms. The maximum atomic E-state index is 5.25. The van der Waals surface area contributed by atoms with E-state index in [1.165, 1.54) is 3.58 Å². The van der Waals surface area contributed by atoms with Gasteiger partial charge in [-0.25, -0.2) is 0 Å². The molecule has 0 radical (unpaired) electrons. The molecule has 0 bridgehead atoms. The molecule has 0 amide bonds. The highest BCUT2D eigenvalue weighted by Gasteiger charge is 2.05. The van der Waals surface area contributed by atoms with Crippen LogP contribution in [-0.2, 0) is 0 Å². The Morgan fingerprint density at radius 2 is 1.93 bits per heavy atom. The summed E-state index contributed by atoms with van der Waals surface area (Å²) in [6, 6.07) is 5.96. The molecule has 0 atom stereocenters. The zero-order chi connectivity index (χ0) is 11.3. The van der Waals surface area contributed by atoms with E-state index in [1.807, 2.05) is 18.2 Å². The molecule has 0 unspecified atom stereocenters. The molecule has 2 nitrogen and oxygen atoms in total. The fourth-order valence-electron chi connectivity index (χ4n) is 1.28. The van der Waals surface area contributed by atoms with Gasteiger partial charge in [0.25, 0.3) is 0 Å². The minimum atomic E-state index is 0.766. The van der Waals surface area contributed by atoms with Crippen molar-refractivity contribution in [2.24, 2.45) is 0 Å². The summed E-state index contributed by atoms with van der Waals surface area (Å²) in [7, 11) is 3.29. The minimum absolute atomic E-state index is 0.766. The SMILES string of the molecule is CCC=C(I)c1ccc(OC)c(OC)c1. The number of hydrogen-bond donors (Lipinski definition) is 0. The van der Waals surface area contributed by atoms with Crippen LogP contribution in [0.1, 0.15) is 18.9 Å². The quantitative estimate of drug-likeness (QED) is 0.784. The van der Waals surface area contributed by atoms with Gasteiger partial charge in [0, 0.05) is 3.58 Å². The number of halogens is 1. The maximum Gasteiger partial charge on any atom is 0.161 e. The number of ether oxygens (including phenoxy) is 2. The standard InChI is InChI=1S/C12H15IO2/c1-4-5-10(13)9-6-7-11(14-2)12(8-9)15-3/h5-8H,4H2,1-3H3. The van der Waals surface area contributed by atoms with Crippen LogP contribution >= 0.6 is 22.6 Å². The molecule has 1 aromatic carbocycles. The van der Waals surface area contributed by atoms with Gasteiger partial charge in [-0.15, -0.1) is 0 Å². The Morgan fingerprint density at radius 1 is 1.27 bits per heavy atom. The number of methoxy groups -OCH3 is 2. The van der Waals surface area contributed by atoms with Crippen molar-refractivity contribution in [2.45, 2.75) is 13.3 Å². The molecule has 0 aromatic heterocycles. The van der Waals surface area contributed by atoms with Crippen molar-refractivity contribution in [1.82, 2.24) is 0 Å². The minimum Gasteiger partial charge on any atom is -0.493 e. The van der Waals surface area contributed by atoms with Crippen LogP contribution in [0.2, 0.25) is 0 Å². The normalized spacial score (nSPS) is 11.3. The van der Waals surface area contributed by atoms with Gasteiger partial charge in [-0.3, -0.25) is 0 Å². The van der Waals surface area contributed by atoms with Gasteiger partial charge in [-0.05, 0) is 52.8 Å². The summed E-state index contributed by atoms with van der Waals surface area (Å²) < 4.78 is 11.7. The van der Waals surface area contributed by atoms with Crippen molar-refractivity contribution in [3.05, 3.63) is 29.8 Å². The van der Waals surface area contributed by atoms with E-state index in [2.05, 4.69) is 35.6 Å². The van der Waals surface area contributed by atoms with Crippen molar-refractivity contribution < 1.29 is 9.47 Å². The van der Waals surface area contributed by atoms with Gasteiger partial charge < -0.3 is 9.47 Å². The Kier molecular flexibility index (Phi) is 4.94. The molecule has 0 heterocycles. The summed E-state index contributed by atoms with van der Waals surface area (Å²) in [6.07, 6.45) is 3.22. The first-order valence-electron chi connectivity index (χ1n) is 4.81. The van der Waals surface area contributed by atoms with E-state index in [4.69, 9.17) is 9.47 Å². The monoisotopic (exact) mass is 318 g/mol. The topological polar surface area (TPSA) is 18.5 Å². The lowest BCUT2D eigenvalue weighted by atomic mass is 10.2. The van der Waals surface area contributed by atoms with E-state index in [-0.39, 0.29) is 0 Å². The largest absolute Gasteiger partial charge is 0.493 e. The average Bonchev–Trinajstić information content (AvgIpc) is 2.28. The van der Waals surface area contributed by atoms with Gasteiger partial charge in [-0.2, -0.15) is 0 Å². The fraction of sp³-hybridized carbons (Fsp3) is 0.333. The Balaban J connectivity index is 3.08. The smallest absolute Gasteiger partial charge is 0.161 e. The summed E-state index contributed by atoms with van der Waals surface area (Å²) >= 11 is 2.33. The van der Waals surface area contributed by atoms with Crippen LogP contribution in [0.25, 0.3) is 3.58 Å². The maximum absolute atomic E-state index is 5.25. The predicted octanol–water partition coefficient (Wildman–Crippen LogP) is 3.89. The molecule has 0 saturated carbocycles. The number of allylic oxidation sites excluding steroid dienone is 1. The Morgan fingerprint density at radius 3 is 2.47 bits per heavy atom. The molecular formula is C12H15IO2. The fourth-order valence-corrected chi connectivity index (χ4v) is 2.06. The molecule has 0 saturated heterocycles. The molecule has 0 aliphatic heterocycles. The summed E-state index contributed by atoms with van der Waals surface area (Å²) in [4.78, 5) is 0. The lowest BCUT2D eigenvalue weighted by molar-refractivity contribution is 0.355. The first kappa shape index (κ1) is 12.4. The molecule has 0 aliphatic carbocycles. The summed E-state index contributed by atoms with van der Waals surface area (Å²) in [5.41, 5.74) is 1.16. The van der Waals surface area contributed by atoms with Crippen molar-refractivity contribution in [1.29, 1.82) is 0 Å². The molecular weight excluding hydrogens is 303 g/mol.